The number of amidine groups is 1. The number of hydrogen-bond donors (Lipinski definition) is 2. The Hall–Kier alpha value is -1.55. The number of aryl methyl sites for hydroxylation is 1. The van der Waals surface area contributed by atoms with E-state index < -0.39 is 0 Å². The van der Waals surface area contributed by atoms with E-state index in [1.54, 1.807) is 7.11 Å². The monoisotopic (exact) mass is 263 g/mol. The molecule has 0 amide bonds. The average molecular weight is 263 g/mol. The minimum absolute atomic E-state index is 0.113. The first-order valence-electron chi connectivity index (χ1n) is 6.64. The fourth-order valence-corrected chi connectivity index (χ4v) is 2.13. The lowest BCUT2D eigenvalue weighted by atomic mass is 10.1. The van der Waals surface area contributed by atoms with E-state index in [0.29, 0.717) is 12.5 Å². The lowest BCUT2D eigenvalue weighted by Crippen LogP contribution is -2.31. The van der Waals surface area contributed by atoms with Gasteiger partial charge in [-0.3, -0.25) is 5.41 Å². The van der Waals surface area contributed by atoms with Gasteiger partial charge in [0.1, 0.15) is 5.84 Å². The van der Waals surface area contributed by atoms with Gasteiger partial charge < -0.3 is 15.4 Å². The van der Waals surface area contributed by atoms with Gasteiger partial charge in [0.2, 0.25) is 0 Å². The van der Waals surface area contributed by atoms with Crippen LogP contribution >= 0.6 is 0 Å². The van der Waals surface area contributed by atoms with Crippen LogP contribution in [0.15, 0.2) is 18.2 Å². The van der Waals surface area contributed by atoms with Gasteiger partial charge in [-0.15, -0.1) is 0 Å². The molecule has 3 N–H and O–H groups in total. The number of nitrogens with one attached hydrogen (secondary N) is 1. The number of ether oxygens (including phenoxy) is 1. The maximum Gasteiger partial charge on any atom is 0.122 e. The third-order valence-corrected chi connectivity index (χ3v) is 3.00. The zero-order valence-corrected chi connectivity index (χ0v) is 12.4. The first kappa shape index (κ1) is 15.5. The average Bonchev–Trinajstić information content (AvgIpc) is 2.34. The van der Waals surface area contributed by atoms with Gasteiger partial charge in [0.15, 0.2) is 0 Å². The molecule has 0 unspecified atom stereocenters. The van der Waals surface area contributed by atoms with E-state index in [0.717, 1.165) is 24.2 Å². The molecule has 19 heavy (non-hydrogen) atoms. The minimum atomic E-state index is 0.113. The molecule has 0 fully saturated rings. The Labute approximate surface area is 116 Å². The van der Waals surface area contributed by atoms with Crippen molar-refractivity contribution >= 4 is 11.5 Å². The molecule has 0 spiro atoms. The first-order valence-corrected chi connectivity index (χ1v) is 6.64. The van der Waals surface area contributed by atoms with Crippen molar-refractivity contribution in [2.45, 2.75) is 20.8 Å². The Kier molecular flexibility index (Phi) is 5.83. The number of nitrogens with two attached hydrogens (primary N) is 1. The maximum atomic E-state index is 7.48. The SMILES string of the molecule is COCCN(CC(C)C)c1ccc(C(=N)N)cc1C. The summed E-state index contributed by atoms with van der Waals surface area (Å²) in [4.78, 5) is 2.33. The summed E-state index contributed by atoms with van der Waals surface area (Å²) in [6, 6.07) is 5.92. The molecule has 0 aliphatic carbocycles. The lowest BCUT2D eigenvalue weighted by molar-refractivity contribution is 0.204. The quantitative estimate of drug-likeness (QED) is 0.586. The summed E-state index contributed by atoms with van der Waals surface area (Å²) in [6.45, 7) is 9.04. The number of rotatable bonds is 7. The highest BCUT2D eigenvalue weighted by molar-refractivity contribution is 5.95. The Balaban J connectivity index is 2.97. The van der Waals surface area contributed by atoms with Crippen LogP contribution in [0.3, 0.4) is 0 Å². The second kappa shape index (κ2) is 7.14. The van der Waals surface area contributed by atoms with Crippen LogP contribution < -0.4 is 10.6 Å². The maximum absolute atomic E-state index is 7.48. The highest BCUT2D eigenvalue weighted by Gasteiger charge is 2.11. The Morgan fingerprint density at radius 3 is 2.58 bits per heavy atom. The van der Waals surface area contributed by atoms with Crippen LogP contribution in [0, 0.1) is 18.3 Å². The van der Waals surface area contributed by atoms with Crippen molar-refractivity contribution in [3.05, 3.63) is 29.3 Å². The molecule has 0 bridgehead atoms. The topological polar surface area (TPSA) is 62.3 Å². The molecule has 4 nitrogen and oxygen atoms in total. The molecule has 0 aliphatic heterocycles. The van der Waals surface area contributed by atoms with Crippen molar-refractivity contribution in [2.75, 3.05) is 31.7 Å². The summed E-state index contributed by atoms with van der Waals surface area (Å²) in [5.74, 6) is 0.700. The first-order chi connectivity index (χ1) is 8.95. The zero-order valence-electron chi connectivity index (χ0n) is 12.4. The smallest absolute Gasteiger partial charge is 0.122 e. The molecule has 1 aromatic rings. The second-order valence-electron chi connectivity index (χ2n) is 5.25. The van der Waals surface area contributed by atoms with Crippen molar-refractivity contribution in [1.29, 1.82) is 5.41 Å². The number of hydrogen-bond acceptors (Lipinski definition) is 3. The van der Waals surface area contributed by atoms with Crippen LogP contribution in [-0.2, 0) is 4.74 Å². The van der Waals surface area contributed by atoms with Gasteiger partial charge in [0.25, 0.3) is 0 Å². The van der Waals surface area contributed by atoms with Gasteiger partial charge in [-0.1, -0.05) is 13.8 Å². The standard InChI is InChI=1S/C15H25N3O/c1-11(2)10-18(7-8-19-4)14-6-5-13(15(16)17)9-12(14)3/h5-6,9,11H,7-8,10H2,1-4H3,(H3,16,17). The van der Waals surface area contributed by atoms with E-state index in [-0.39, 0.29) is 5.84 Å². The summed E-state index contributed by atoms with van der Waals surface area (Å²) < 4.78 is 5.18. The van der Waals surface area contributed by atoms with Gasteiger partial charge in [0, 0.05) is 31.5 Å². The summed E-state index contributed by atoms with van der Waals surface area (Å²) in [5.41, 5.74) is 8.63. The van der Waals surface area contributed by atoms with Gasteiger partial charge in [0.05, 0.1) is 6.61 Å². The number of anilines is 1. The van der Waals surface area contributed by atoms with E-state index in [4.69, 9.17) is 15.9 Å². The number of benzene rings is 1. The fraction of sp³-hybridized carbons (Fsp3) is 0.533. The van der Waals surface area contributed by atoms with Crippen LogP contribution in [0.4, 0.5) is 5.69 Å². The largest absolute Gasteiger partial charge is 0.384 e. The van der Waals surface area contributed by atoms with E-state index in [9.17, 15) is 0 Å². The molecule has 0 radical (unpaired) electrons. The Morgan fingerprint density at radius 1 is 1.42 bits per heavy atom. The third-order valence-electron chi connectivity index (χ3n) is 3.00. The molecule has 106 valence electrons. The lowest BCUT2D eigenvalue weighted by Gasteiger charge is -2.28. The van der Waals surface area contributed by atoms with Crippen molar-refractivity contribution < 1.29 is 4.74 Å². The molecular formula is C15H25N3O. The summed E-state index contributed by atoms with van der Waals surface area (Å²) in [6.07, 6.45) is 0. The van der Waals surface area contributed by atoms with Crippen LogP contribution in [0.2, 0.25) is 0 Å². The van der Waals surface area contributed by atoms with Crippen LogP contribution in [0.25, 0.3) is 0 Å². The van der Waals surface area contributed by atoms with E-state index in [1.807, 2.05) is 18.2 Å². The summed E-state index contributed by atoms with van der Waals surface area (Å²) in [5, 5.41) is 7.48. The van der Waals surface area contributed by atoms with Crippen LogP contribution in [0.5, 0.6) is 0 Å². The van der Waals surface area contributed by atoms with Crippen LogP contribution in [0.1, 0.15) is 25.0 Å². The molecule has 0 saturated heterocycles. The van der Waals surface area contributed by atoms with Gasteiger partial charge in [-0.2, -0.15) is 0 Å². The molecule has 0 aliphatic rings. The van der Waals surface area contributed by atoms with Crippen molar-refractivity contribution in [2.24, 2.45) is 11.7 Å². The molecular weight excluding hydrogens is 238 g/mol. The summed E-state index contributed by atoms with van der Waals surface area (Å²) in [7, 11) is 1.72. The number of nitrogen functional groups attached to an aromatic ring is 1. The normalized spacial score (nSPS) is 10.8. The summed E-state index contributed by atoms with van der Waals surface area (Å²) >= 11 is 0. The van der Waals surface area contributed by atoms with Crippen LogP contribution in [-0.4, -0.2) is 32.6 Å². The highest BCUT2D eigenvalue weighted by atomic mass is 16.5. The predicted octanol–water partition coefficient (Wildman–Crippen LogP) is 2.39. The highest BCUT2D eigenvalue weighted by Crippen LogP contribution is 2.22. The molecule has 1 aromatic carbocycles. The number of methoxy groups -OCH3 is 1. The van der Waals surface area contributed by atoms with Crippen molar-refractivity contribution in [3.63, 3.8) is 0 Å². The third kappa shape index (κ3) is 4.56. The number of nitrogens with zero attached hydrogens (tertiary/aromatic N) is 1. The molecule has 0 heterocycles. The Bertz CT molecular complexity index is 429. The van der Waals surface area contributed by atoms with E-state index in [1.165, 1.54) is 5.69 Å². The van der Waals surface area contributed by atoms with Gasteiger partial charge >= 0.3 is 0 Å². The second-order valence-corrected chi connectivity index (χ2v) is 5.25. The Morgan fingerprint density at radius 2 is 2.11 bits per heavy atom. The van der Waals surface area contributed by atoms with Gasteiger partial charge in [-0.25, -0.2) is 0 Å². The zero-order chi connectivity index (χ0) is 14.4. The van der Waals surface area contributed by atoms with E-state index >= 15 is 0 Å². The minimum Gasteiger partial charge on any atom is -0.384 e. The molecule has 4 heteroatoms. The van der Waals surface area contributed by atoms with Crippen molar-refractivity contribution in [3.8, 4) is 0 Å². The predicted molar refractivity (Wildman–Crippen MR) is 81.1 cm³/mol. The van der Waals surface area contributed by atoms with E-state index in [2.05, 4.69) is 25.7 Å². The van der Waals surface area contributed by atoms with Crippen molar-refractivity contribution in [1.82, 2.24) is 0 Å². The molecule has 0 atom stereocenters. The molecule has 0 aromatic heterocycles. The molecule has 1 rings (SSSR count). The van der Waals surface area contributed by atoms with Gasteiger partial charge in [-0.05, 0) is 36.6 Å². The molecule has 0 saturated carbocycles. The fourth-order valence-electron chi connectivity index (χ4n) is 2.13.